The SMILES string of the molecule is CC(C)[C@]12CC[C@](C)(O1)[C@H](O)C2C. The van der Waals surface area contributed by atoms with Gasteiger partial charge in [0.15, 0.2) is 0 Å². The quantitative estimate of drug-likeness (QED) is 0.675. The Morgan fingerprint density at radius 1 is 1.38 bits per heavy atom. The van der Waals surface area contributed by atoms with Gasteiger partial charge in [0.25, 0.3) is 0 Å². The highest BCUT2D eigenvalue weighted by molar-refractivity contribution is 5.12. The molecule has 2 aliphatic heterocycles. The summed E-state index contributed by atoms with van der Waals surface area (Å²) in [5, 5.41) is 10.0. The molecule has 2 bridgehead atoms. The lowest BCUT2D eigenvalue weighted by molar-refractivity contribution is -0.0839. The second-order valence-electron chi connectivity index (χ2n) is 5.26. The fraction of sp³-hybridized carbons (Fsp3) is 1.00. The molecule has 0 aromatic heterocycles. The number of aliphatic hydroxyl groups is 1. The van der Waals surface area contributed by atoms with E-state index in [4.69, 9.17) is 4.74 Å². The molecule has 0 amide bonds. The van der Waals surface area contributed by atoms with Crippen LogP contribution < -0.4 is 0 Å². The zero-order chi connectivity index (χ0) is 9.85. The molecule has 2 heteroatoms. The Hall–Kier alpha value is -0.0800. The van der Waals surface area contributed by atoms with Gasteiger partial charge < -0.3 is 9.84 Å². The molecule has 0 aromatic carbocycles. The third kappa shape index (κ3) is 0.962. The molecule has 13 heavy (non-hydrogen) atoms. The van der Waals surface area contributed by atoms with Crippen LogP contribution >= 0.6 is 0 Å². The average Bonchev–Trinajstić information content (AvgIpc) is 2.50. The van der Waals surface area contributed by atoms with Crippen LogP contribution in [0.25, 0.3) is 0 Å². The highest BCUT2D eigenvalue weighted by Crippen LogP contribution is 2.56. The third-order valence-corrected chi connectivity index (χ3v) is 4.28. The van der Waals surface area contributed by atoms with Crippen LogP contribution in [-0.2, 0) is 4.74 Å². The van der Waals surface area contributed by atoms with Crippen LogP contribution in [0.5, 0.6) is 0 Å². The van der Waals surface area contributed by atoms with E-state index in [1.807, 2.05) is 6.92 Å². The minimum Gasteiger partial charge on any atom is -0.390 e. The van der Waals surface area contributed by atoms with E-state index < -0.39 is 0 Å². The number of ether oxygens (including phenoxy) is 1. The van der Waals surface area contributed by atoms with Crippen molar-refractivity contribution in [2.24, 2.45) is 11.8 Å². The zero-order valence-electron chi connectivity index (χ0n) is 9.00. The van der Waals surface area contributed by atoms with Gasteiger partial charge in [0.05, 0.1) is 17.3 Å². The summed E-state index contributed by atoms with van der Waals surface area (Å²) in [7, 11) is 0. The lowest BCUT2D eigenvalue weighted by Gasteiger charge is -2.36. The first-order valence-corrected chi connectivity index (χ1v) is 5.30. The summed E-state index contributed by atoms with van der Waals surface area (Å²) in [6.07, 6.45) is 1.85. The first-order chi connectivity index (χ1) is 5.92. The van der Waals surface area contributed by atoms with Gasteiger partial charge in [-0.2, -0.15) is 0 Å². The van der Waals surface area contributed by atoms with Crippen LogP contribution in [0.2, 0.25) is 0 Å². The summed E-state index contributed by atoms with van der Waals surface area (Å²) in [4.78, 5) is 0. The van der Waals surface area contributed by atoms with Crippen molar-refractivity contribution in [1.82, 2.24) is 0 Å². The van der Waals surface area contributed by atoms with Gasteiger partial charge in [0.2, 0.25) is 0 Å². The number of aliphatic hydroxyl groups excluding tert-OH is 1. The van der Waals surface area contributed by atoms with Gasteiger partial charge >= 0.3 is 0 Å². The Bertz CT molecular complexity index is 226. The largest absolute Gasteiger partial charge is 0.390 e. The number of fused-ring (bicyclic) bond motifs is 2. The first kappa shape index (κ1) is 9.47. The van der Waals surface area contributed by atoms with E-state index >= 15 is 0 Å². The summed E-state index contributed by atoms with van der Waals surface area (Å²) in [5.74, 6) is 0.785. The smallest absolute Gasteiger partial charge is 0.0924 e. The maximum absolute atomic E-state index is 10.0. The average molecular weight is 184 g/mol. The van der Waals surface area contributed by atoms with Crippen molar-refractivity contribution in [2.45, 2.75) is 57.8 Å². The molecule has 2 nitrogen and oxygen atoms in total. The predicted molar refractivity (Wildman–Crippen MR) is 51.5 cm³/mol. The molecule has 0 aromatic rings. The van der Waals surface area contributed by atoms with Gasteiger partial charge in [-0.15, -0.1) is 0 Å². The van der Waals surface area contributed by atoms with Crippen molar-refractivity contribution in [3.8, 4) is 0 Å². The highest BCUT2D eigenvalue weighted by atomic mass is 16.6. The van der Waals surface area contributed by atoms with E-state index in [-0.39, 0.29) is 23.2 Å². The van der Waals surface area contributed by atoms with Crippen LogP contribution in [0.4, 0.5) is 0 Å². The zero-order valence-corrected chi connectivity index (χ0v) is 9.00. The molecular formula is C11H20O2. The van der Waals surface area contributed by atoms with Crippen molar-refractivity contribution < 1.29 is 9.84 Å². The Labute approximate surface area is 80.3 Å². The van der Waals surface area contributed by atoms with Crippen LogP contribution in [0.15, 0.2) is 0 Å². The van der Waals surface area contributed by atoms with Gasteiger partial charge in [-0.25, -0.2) is 0 Å². The lowest BCUT2D eigenvalue weighted by Crippen LogP contribution is -2.44. The molecule has 0 saturated carbocycles. The molecule has 0 spiro atoms. The summed E-state index contributed by atoms with van der Waals surface area (Å²) in [6.45, 7) is 8.56. The van der Waals surface area contributed by atoms with E-state index in [0.29, 0.717) is 5.92 Å². The minimum absolute atomic E-state index is 0.0475. The normalized spacial score (nSPS) is 54.9. The maximum atomic E-state index is 10.0. The fourth-order valence-electron chi connectivity index (χ4n) is 3.24. The molecule has 0 aliphatic carbocycles. The molecule has 1 unspecified atom stereocenters. The van der Waals surface area contributed by atoms with Crippen LogP contribution in [0.3, 0.4) is 0 Å². The van der Waals surface area contributed by atoms with Crippen molar-refractivity contribution in [3.63, 3.8) is 0 Å². The van der Waals surface area contributed by atoms with Crippen molar-refractivity contribution in [2.75, 3.05) is 0 Å². The van der Waals surface area contributed by atoms with E-state index in [1.165, 1.54) is 0 Å². The fourth-order valence-corrected chi connectivity index (χ4v) is 3.24. The van der Waals surface area contributed by atoms with Gasteiger partial charge in [-0.3, -0.25) is 0 Å². The molecule has 1 N–H and O–H groups in total. The predicted octanol–water partition coefficient (Wildman–Crippen LogP) is 1.96. The second kappa shape index (κ2) is 2.48. The molecule has 2 heterocycles. The molecule has 0 radical (unpaired) electrons. The minimum atomic E-state index is -0.274. The standard InChI is InChI=1S/C11H20O2/c1-7(2)11-6-5-10(4,13-11)9(12)8(11)3/h7-9,12H,5-6H2,1-4H3/t8?,9-,10+,11+/m1/s1. The van der Waals surface area contributed by atoms with Gasteiger partial charge in [0, 0.05) is 5.92 Å². The number of hydrogen-bond donors (Lipinski definition) is 1. The topological polar surface area (TPSA) is 29.5 Å². The van der Waals surface area contributed by atoms with Gasteiger partial charge in [-0.05, 0) is 25.7 Å². The van der Waals surface area contributed by atoms with E-state index in [9.17, 15) is 5.11 Å². The van der Waals surface area contributed by atoms with Crippen LogP contribution in [0, 0.1) is 11.8 Å². The summed E-state index contributed by atoms with van der Waals surface area (Å²) >= 11 is 0. The summed E-state index contributed by atoms with van der Waals surface area (Å²) in [6, 6.07) is 0. The lowest BCUT2D eigenvalue weighted by atomic mass is 9.69. The second-order valence-corrected chi connectivity index (χ2v) is 5.26. The highest BCUT2D eigenvalue weighted by Gasteiger charge is 2.64. The van der Waals surface area contributed by atoms with Crippen LogP contribution in [-0.4, -0.2) is 22.4 Å². The molecule has 4 atom stereocenters. The Morgan fingerprint density at radius 3 is 2.31 bits per heavy atom. The van der Waals surface area contributed by atoms with Crippen molar-refractivity contribution in [1.29, 1.82) is 0 Å². The Balaban J connectivity index is 2.34. The third-order valence-electron chi connectivity index (χ3n) is 4.28. The van der Waals surface area contributed by atoms with E-state index in [0.717, 1.165) is 12.8 Å². The number of rotatable bonds is 1. The van der Waals surface area contributed by atoms with Crippen molar-refractivity contribution >= 4 is 0 Å². The van der Waals surface area contributed by atoms with E-state index in [2.05, 4.69) is 20.8 Å². The first-order valence-electron chi connectivity index (χ1n) is 5.30. The summed E-state index contributed by atoms with van der Waals surface area (Å²) < 4.78 is 6.08. The molecule has 2 rings (SSSR count). The Kier molecular flexibility index (Phi) is 1.81. The molecule has 2 fully saturated rings. The Morgan fingerprint density at radius 2 is 2.00 bits per heavy atom. The monoisotopic (exact) mass is 184 g/mol. The van der Waals surface area contributed by atoms with E-state index in [1.54, 1.807) is 0 Å². The van der Waals surface area contributed by atoms with Crippen molar-refractivity contribution in [3.05, 3.63) is 0 Å². The number of hydrogen-bond acceptors (Lipinski definition) is 2. The van der Waals surface area contributed by atoms with Gasteiger partial charge in [-0.1, -0.05) is 20.8 Å². The maximum Gasteiger partial charge on any atom is 0.0924 e. The van der Waals surface area contributed by atoms with Crippen LogP contribution in [0.1, 0.15) is 40.5 Å². The van der Waals surface area contributed by atoms with Gasteiger partial charge in [0.1, 0.15) is 0 Å². The molecule has 2 saturated heterocycles. The molecule has 2 aliphatic rings. The summed E-state index contributed by atoms with van der Waals surface area (Å²) in [5.41, 5.74) is -0.308. The molecule has 76 valence electrons. The molecular weight excluding hydrogens is 164 g/mol.